The Morgan fingerprint density at radius 3 is 2.72 bits per heavy atom. The standard InChI is InChI=1S/C20H25NO4/c1-4-5-10-25-19(24)14-8-6-7-9-16(14)21-13-15-17(22)11-20(2,3)12-18(15)23/h6-9,13,22H,4-5,10-12H2,1-3H3. The van der Waals surface area contributed by atoms with E-state index in [1.54, 1.807) is 24.3 Å². The molecule has 0 spiro atoms. The molecule has 1 aromatic rings. The summed E-state index contributed by atoms with van der Waals surface area (Å²) in [7, 11) is 0. The Morgan fingerprint density at radius 1 is 1.32 bits per heavy atom. The molecule has 0 atom stereocenters. The summed E-state index contributed by atoms with van der Waals surface area (Å²) in [5, 5.41) is 10.2. The SMILES string of the molecule is CCCCOC(=O)c1ccccc1N=CC1=C(O)CC(C)(C)CC1=O. The molecule has 1 aliphatic carbocycles. The van der Waals surface area contributed by atoms with Crippen LogP contribution in [0.1, 0.15) is 56.8 Å². The molecule has 0 aliphatic heterocycles. The van der Waals surface area contributed by atoms with Crippen molar-refractivity contribution in [2.45, 2.75) is 46.5 Å². The van der Waals surface area contributed by atoms with Gasteiger partial charge in [-0.05, 0) is 24.0 Å². The normalized spacial score (nSPS) is 17.2. The van der Waals surface area contributed by atoms with E-state index in [2.05, 4.69) is 4.99 Å². The lowest BCUT2D eigenvalue weighted by atomic mass is 9.77. The highest BCUT2D eigenvalue weighted by Gasteiger charge is 2.32. The number of hydrogen-bond acceptors (Lipinski definition) is 5. The Bertz CT molecular complexity index is 716. The second-order valence-electron chi connectivity index (χ2n) is 7.07. The van der Waals surface area contributed by atoms with E-state index in [-0.39, 0.29) is 22.5 Å². The van der Waals surface area contributed by atoms with Gasteiger partial charge in [0.2, 0.25) is 0 Å². The molecule has 0 amide bonds. The number of esters is 1. The average molecular weight is 343 g/mol. The molecule has 5 nitrogen and oxygen atoms in total. The molecule has 0 fully saturated rings. The molecule has 0 aromatic heterocycles. The van der Waals surface area contributed by atoms with Crippen molar-refractivity contribution < 1.29 is 19.4 Å². The lowest BCUT2D eigenvalue weighted by molar-refractivity contribution is -0.117. The summed E-state index contributed by atoms with van der Waals surface area (Å²) in [5.41, 5.74) is 0.730. The van der Waals surface area contributed by atoms with E-state index in [1.165, 1.54) is 6.21 Å². The summed E-state index contributed by atoms with van der Waals surface area (Å²) in [6.45, 7) is 6.27. The van der Waals surface area contributed by atoms with E-state index in [9.17, 15) is 14.7 Å². The lowest BCUT2D eigenvalue weighted by Crippen LogP contribution is -2.26. The highest BCUT2D eigenvalue weighted by atomic mass is 16.5. The minimum absolute atomic E-state index is 0.0491. The van der Waals surface area contributed by atoms with Gasteiger partial charge in [-0.1, -0.05) is 39.3 Å². The predicted octanol–water partition coefficient (Wildman–Crippen LogP) is 4.55. The van der Waals surface area contributed by atoms with Crippen molar-refractivity contribution >= 4 is 23.7 Å². The summed E-state index contributed by atoms with van der Waals surface area (Å²) < 4.78 is 5.23. The number of unbranched alkanes of at least 4 members (excludes halogenated alkanes) is 1. The first-order valence-electron chi connectivity index (χ1n) is 8.59. The van der Waals surface area contributed by atoms with Crippen molar-refractivity contribution in [1.29, 1.82) is 0 Å². The fourth-order valence-corrected chi connectivity index (χ4v) is 2.73. The number of benzene rings is 1. The largest absolute Gasteiger partial charge is 0.511 e. The zero-order valence-electron chi connectivity index (χ0n) is 15.0. The van der Waals surface area contributed by atoms with Crippen LogP contribution in [0.25, 0.3) is 0 Å². The van der Waals surface area contributed by atoms with Crippen LogP contribution in [0.5, 0.6) is 0 Å². The van der Waals surface area contributed by atoms with E-state index in [0.29, 0.717) is 30.7 Å². The van der Waals surface area contributed by atoms with Crippen LogP contribution in [0.4, 0.5) is 5.69 Å². The van der Waals surface area contributed by atoms with Crippen molar-refractivity contribution in [2.24, 2.45) is 10.4 Å². The second-order valence-corrected chi connectivity index (χ2v) is 7.07. The van der Waals surface area contributed by atoms with Gasteiger partial charge in [-0.15, -0.1) is 0 Å². The molecule has 1 aromatic carbocycles. The van der Waals surface area contributed by atoms with Gasteiger partial charge in [-0.3, -0.25) is 9.79 Å². The van der Waals surface area contributed by atoms with Crippen molar-refractivity contribution in [3.05, 3.63) is 41.2 Å². The third-order valence-corrected chi connectivity index (χ3v) is 4.08. The Hall–Kier alpha value is -2.43. The van der Waals surface area contributed by atoms with Crippen LogP contribution in [0.15, 0.2) is 40.6 Å². The van der Waals surface area contributed by atoms with Crippen LogP contribution in [0, 0.1) is 5.41 Å². The number of carbonyl (C=O) groups excluding carboxylic acids is 2. The maximum absolute atomic E-state index is 12.2. The fraction of sp³-hybridized carbons (Fsp3) is 0.450. The van der Waals surface area contributed by atoms with Crippen LogP contribution in [-0.2, 0) is 9.53 Å². The third-order valence-electron chi connectivity index (χ3n) is 4.08. The Balaban J connectivity index is 2.22. The first kappa shape index (κ1) is 18.9. The van der Waals surface area contributed by atoms with Gasteiger partial charge in [0.15, 0.2) is 5.78 Å². The van der Waals surface area contributed by atoms with Gasteiger partial charge >= 0.3 is 5.97 Å². The molecule has 0 unspecified atom stereocenters. The molecular weight excluding hydrogens is 318 g/mol. The molecule has 0 radical (unpaired) electrons. The van der Waals surface area contributed by atoms with Gasteiger partial charge < -0.3 is 9.84 Å². The molecule has 0 bridgehead atoms. The summed E-state index contributed by atoms with van der Waals surface area (Å²) >= 11 is 0. The number of rotatable bonds is 6. The second kappa shape index (κ2) is 8.10. The van der Waals surface area contributed by atoms with Crippen LogP contribution >= 0.6 is 0 Å². The predicted molar refractivity (Wildman–Crippen MR) is 97.5 cm³/mol. The molecule has 25 heavy (non-hydrogen) atoms. The van der Waals surface area contributed by atoms with E-state index in [0.717, 1.165) is 12.8 Å². The molecule has 1 aliphatic rings. The summed E-state index contributed by atoms with van der Waals surface area (Å²) in [6, 6.07) is 6.82. The first-order chi connectivity index (χ1) is 11.8. The highest BCUT2D eigenvalue weighted by molar-refractivity contribution is 6.15. The molecule has 0 saturated heterocycles. The van der Waals surface area contributed by atoms with Gasteiger partial charge in [0.1, 0.15) is 5.76 Å². The number of allylic oxidation sites excluding steroid dienone is 2. The molecule has 2 rings (SSSR count). The Labute approximate surface area is 148 Å². The van der Waals surface area contributed by atoms with Crippen molar-refractivity contribution in [1.82, 2.24) is 0 Å². The zero-order chi connectivity index (χ0) is 18.4. The number of hydrogen-bond donors (Lipinski definition) is 1. The van der Waals surface area contributed by atoms with Crippen molar-refractivity contribution in [3.8, 4) is 0 Å². The summed E-state index contributed by atoms with van der Waals surface area (Å²) in [6.07, 6.45) is 3.90. The quantitative estimate of drug-likeness (QED) is 0.467. The Kier molecular flexibility index (Phi) is 6.12. The number of nitrogens with zero attached hydrogens (tertiary/aromatic N) is 1. The van der Waals surface area contributed by atoms with E-state index in [4.69, 9.17) is 4.74 Å². The van der Waals surface area contributed by atoms with E-state index in [1.807, 2.05) is 20.8 Å². The molecule has 5 heteroatoms. The molecule has 1 N–H and O–H groups in total. The number of carbonyl (C=O) groups is 2. The topological polar surface area (TPSA) is 76.0 Å². The number of Topliss-reactive ketones (excluding diaryl/α,β-unsaturated/α-hetero) is 1. The summed E-state index contributed by atoms with van der Waals surface area (Å²) in [4.78, 5) is 28.7. The van der Waals surface area contributed by atoms with Crippen LogP contribution in [0.2, 0.25) is 0 Å². The van der Waals surface area contributed by atoms with Crippen LogP contribution in [0.3, 0.4) is 0 Å². The monoisotopic (exact) mass is 343 g/mol. The van der Waals surface area contributed by atoms with Gasteiger partial charge in [0.25, 0.3) is 0 Å². The minimum Gasteiger partial charge on any atom is -0.511 e. The smallest absolute Gasteiger partial charge is 0.340 e. The van der Waals surface area contributed by atoms with Gasteiger partial charge in [-0.25, -0.2) is 4.79 Å². The van der Waals surface area contributed by atoms with Gasteiger partial charge in [0.05, 0.1) is 23.4 Å². The molecule has 134 valence electrons. The van der Waals surface area contributed by atoms with E-state index >= 15 is 0 Å². The maximum Gasteiger partial charge on any atom is 0.340 e. The first-order valence-corrected chi connectivity index (χ1v) is 8.59. The zero-order valence-corrected chi connectivity index (χ0v) is 15.0. The number of para-hydroxylation sites is 1. The Morgan fingerprint density at radius 2 is 2.04 bits per heavy atom. The molecule has 0 heterocycles. The number of aliphatic hydroxyl groups is 1. The van der Waals surface area contributed by atoms with Crippen molar-refractivity contribution in [3.63, 3.8) is 0 Å². The van der Waals surface area contributed by atoms with Crippen LogP contribution < -0.4 is 0 Å². The number of ether oxygens (including phenoxy) is 1. The van der Waals surface area contributed by atoms with Crippen molar-refractivity contribution in [2.75, 3.05) is 6.61 Å². The fourth-order valence-electron chi connectivity index (χ4n) is 2.73. The number of aliphatic hydroxyl groups excluding tert-OH is 1. The highest BCUT2D eigenvalue weighted by Crippen LogP contribution is 2.35. The van der Waals surface area contributed by atoms with Gasteiger partial charge in [-0.2, -0.15) is 0 Å². The maximum atomic E-state index is 12.2. The summed E-state index contributed by atoms with van der Waals surface area (Å²) in [5.74, 6) is -0.524. The molecule has 0 saturated carbocycles. The third kappa shape index (κ3) is 5.02. The van der Waals surface area contributed by atoms with Gasteiger partial charge in [0, 0.05) is 19.1 Å². The average Bonchev–Trinajstić information content (AvgIpc) is 2.53. The lowest BCUT2D eigenvalue weighted by Gasteiger charge is -2.28. The number of ketones is 1. The molecular formula is C20H25NO4. The van der Waals surface area contributed by atoms with Crippen LogP contribution in [-0.4, -0.2) is 29.7 Å². The minimum atomic E-state index is -0.435. The van der Waals surface area contributed by atoms with E-state index < -0.39 is 5.97 Å². The number of aliphatic imine (C=N–C) groups is 1.